The number of rotatable bonds is 11. The molecule has 0 saturated heterocycles. The van der Waals surface area contributed by atoms with E-state index in [1.165, 1.54) is 11.8 Å². The number of hydrogen-bond donors (Lipinski definition) is 2. The molecule has 2 atom stereocenters. The predicted octanol–water partition coefficient (Wildman–Crippen LogP) is 5.95. The molecule has 216 valence electrons. The van der Waals surface area contributed by atoms with Crippen molar-refractivity contribution in [3.63, 3.8) is 0 Å². The van der Waals surface area contributed by atoms with E-state index in [0.29, 0.717) is 11.3 Å². The van der Waals surface area contributed by atoms with Crippen molar-refractivity contribution in [1.29, 1.82) is 0 Å². The maximum atomic E-state index is 14.0. The van der Waals surface area contributed by atoms with Crippen LogP contribution in [0.3, 0.4) is 0 Å². The molecule has 6 nitrogen and oxygen atoms in total. The maximum absolute atomic E-state index is 14.0. The van der Waals surface area contributed by atoms with Crippen LogP contribution >= 0.6 is 11.8 Å². The smallest absolute Gasteiger partial charge is 0.272 e. The van der Waals surface area contributed by atoms with E-state index in [1.54, 1.807) is 18.5 Å². The summed E-state index contributed by atoms with van der Waals surface area (Å²) in [5.74, 6) is 2.70. The number of hydrogen-bond acceptors (Lipinski definition) is 6. The number of carbonyl (C=O) groups excluding carboxylic acids is 1. The Morgan fingerprint density at radius 3 is 2.17 bits per heavy atom. The van der Waals surface area contributed by atoms with Crippen LogP contribution in [0.2, 0.25) is 5.04 Å². The van der Waals surface area contributed by atoms with Crippen molar-refractivity contribution in [3.05, 3.63) is 108 Å². The minimum atomic E-state index is -1.28. The third-order valence-corrected chi connectivity index (χ3v) is 8.61. The zero-order valence-electron chi connectivity index (χ0n) is 24.5. The molecule has 0 aliphatic heterocycles. The van der Waals surface area contributed by atoms with Gasteiger partial charge in [-0.25, -0.2) is 0 Å². The Labute approximate surface area is 255 Å². The van der Waals surface area contributed by atoms with E-state index in [4.69, 9.17) is 15.6 Å². The number of pyridine rings is 1. The summed E-state index contributed by atoms with van der Waals surface area (Å²) in [5.41, 5.74) is -0.341. The Hall–Kier alpha value is -3.61. The van der Waals surface area contributed by atoms with Gasteiger partial charge in [0.05, 0.1) is 17.7 Å². The van der Waals surface area contributed by atoms with Gasteiger partial charge in [-0.2, -0.15) is 0 Å². The van der Waals surface area contributed by atoms with E-state index in [1.807, 2.05) is 85.8 Å². The summed E-state index contributed by atoms with van der Waals surface area (Å²) in [5, 5.41) is 14.9. The van der Waals surface area contributed by atoms with Gasteiger partial charge in [0.1, 0.15) is 11.4 Å². The predicted molar refractivity (Wildman–Crippen MR) is 171 cm³/mol. The highest BCUT2D eigenvalue weighted by Gasteiger charge is 2.53. The van der Waals surface area contributed by atoms with Crippen LogP contribution in [0.25, 0.3) is 10.9 Å². The molecule has 4 aromatic rings. The zero-order valence-corrected chi connectivity index (χ0v) is 26.4. The normalized spacial score (nSPS) is 14.0. The van der Waals surface area contributed by atoms with Crippen molar-refractivity contribution in [2.75, 3.05) is 12.9 Å². The van der Waals surface area contributed by atoms with Crippen molar-refractivity contribution in [2.45, 2.75) is 49.3 Å². The molecule has 0 spiro atoms. The molecule has 2 N–H and O–H groups in total. The number of amides is 1. The van der Waals surface area contributed by atoms with Gasteiger partial charge < -0.3 is 19.6 Å². The van der Waals surface area contributed by atoms with Gasteiger partial charge in [0, 0.05) is 17.1 Å². The first kappa shape index (κ1) is 31.3. The van der Waals surface area contributed by atoms with E-state index in [2.05, 4.69) is 37.0 Å². The van der Waals surface area contributed by atoms with Gasteiger partial charge in [-0.05, 0) is 53.6 Å². The second kappa shape index (κ2) is 13.1. The minimum Gasteiger partial charge on any atom is -0.470 e. The first-order chi connectivity index (χ1) is 20.0. The van der Waals surface area contributed by atoms with Crippen LogP contribution in [0, 0.1) is 12.3 Å². The summed E-state index contributed by atoms with van der Waals surface area (Å²) in [4.78, 5) is 18.4. The van der Waals surface area contributed by atoms with Crippen molar-refractivity contribution >= 4 is 38.3 Å². The number of aliphatic hydroxyl groups excluding tert-OH is 1. The second-order valence-corrected chi connectivity index (χ2v) is 14.1. The van der Waals surface area contributed by atoms with Crippen LogP contribution in [0.1, 0.15) is 44.4 Å². The fourth-order valence-corrected chi connectivity index (χ4v) is 6.17. The number of fused-ring (bicyclic) bond motifs is 1. The summed E-state index contributed by atoms with van der Waals surface area (Å²) in [6, 6.07) is 26.8. The molecule has 1 aromatic heterocycles. The van der Waals surface area contributed by atoms with Crippen LogP contribution in [0.4, 0.5) is 0 Å². The highest BCUT2D eigenvalue weighted by Crippen LogP contribution is 2.44. The lowest BCUT2D eigenvalue weighted by Crippen LogP contribution is -2.66. The number of benzene rings is 3. The average Bonchev–Trinajstić information content (AvgIpc) is 3.00. The summed E-state index contributed by atoms with van der Waals surface area (Å²) in [6.45, 7) is 7.73. The molecule has 3 aromatic carbocycles. The van der Waals surface area contributed by atoms with Gasteiger partial charge in [-0.15, -0.1) is 18.2 Å². The van der Waals surface area contributed by atoms with E-state index in [9.17, 15) is 9.90 Å². The molecule has 0 fully saturated rings. The lowest BCUT2D eigenvalue weighted by Gasteiger charge is -2.50. The van der Waals surface area contributed by atoms with Crippen LogP contribution < -0.4 is 10.1 Å². The molecule has 4 rings (SSSR count). The van der Waals surface area contributed by atoms with Crippen LogP contribution in [0.15, 0.2) is 91.1 Å². The fourth-order valence-electron chi connectivity index (χ4n) is 4.77. The van der Waals surface area contributed by atoms with E-state index in [-0.39, 0.29) is 14.8 Å². The van der Waals surface area contributed by atoms with Gasteiger partial charge in [-0.3, -0.25) is 9.78 Å². The summed E-state index contributed by atoms with van der Waals surface area (Å²) in [6.07, 6.45) is 9.00. The molecule has 0 bridgehead atoms. The molecule has 2 radical (unpaired) electrons. The highest BCUT2D eigenvalue weighted by atomic mass is 32.2. The number of aliphatic hydroxyl groups is 1. The monoisotopic (exact) mass is 596 g/mol. The molecule has 1 heterocycles. The van der Waals surface area contributed by atoms with E-state index >= 15 is 0 Å². The number of terminal acetylenes is 1. The number of nitrogens with zero attached hydrogens (tertiary/aromatic N) is 1. The van der Waals surface area contributed by atoms with E-state index < -0.39 is 29.1 Å². The zero-order chi connectivity index (χ0) is 30.4. The number of carbonyl (C=O) groups is 1. The topological polar surface area (TPSA) is 80.7 Å². The Bertz CT molecular complexity index is 1510. The molecular weight excluding hydrogens is 561 g/mol. The molecule has 2 unspecified atom stereocenters. The quantitative estimate of drug-likeness (QED) is 0.127. The largest absolute Gasteiger partial charge is 0.470 e. The molecule has 8 heteroatoms. The molecule has 0 saturated carbocycles. The SMILES string of the molecule is C#Cc1cnc2ccc(OC(SC)C(=O)NC(C)(CO)C(O[Si]C(C)(C)C)(c3ccccc3)c3ccccc3)cc2c1. The second-order valence-electron chi connectivity index (χ2n) is 11.3. The molecule has 0 aliphatic carbocycles. The maximum Gasteiger partial charge on any atom is 0.272 e. The number of ether oxygens (including phenoxy) is 1. The lowest BCUT2D eigenvalue weighted by atomic mass is 9.71. The lowest BCUT2D eigenvalue weighted by molar-refractivity contribution is -0.131. The van der Waals surface area contributed by atoms with Crippen molar-refractivity contribution in [1.82, 2.24) is 10.3 Å². The molecular formula is C34H36N2O4SSi. The minimum absolute atomic E-state index is 0.0602. The van der Waals surface area contributed by atoms with Gasteiger partial charge in [0.2, 0.25) is 15.2 Å². The highest BCUT2D eigenvalue weighted by molar-refractivity contribution is 7.99. The first-order valence-corrected chi connectivity index (χ1v) is 15.8. The number of nitrogens with one attached hydrogen (secondary N) is 1. The Morgan fingerprint density at radius 2 is 1.64 bits per heavy atom. The molecule has 1 amide bonds. The number of aromatic nitrogens is 1. The Morgan fingerprint density at radius 1 is 1.02 bits per heavy atom. The van der Waals surface area contributed by atoms with Crippen LogP contribution in [0.5, 0.6) is 5.75 Å². The van der Waals surface area contributed by atoms with E-state index in [0.717, 1.165) is 22.0 Å². The molecule has 0 aliphatic rings. The average molecular weight is 597 g/mol. The number of thioether (sulfide) groups is 1. The van der Waals surface area contributed by atoms with Crippen LogP contribution in [-0.2, 0) is 14.8 Å². The van der Waals surface area contributed by atoms with Crippen molar-refractivity contribution in [3.8, 4) is 18.1 Å². The summed E-state index contributed by atoms with van der Waals surface area (Å²) in [7, 11) is 0.0602. The van der Waals surface area contributed by atoms with Gasteiger partial charge in [0.15, 0.2) is 0 Å². The van der Waals surface area contributed by atoms with Gasteiger partial charge in [-0.1, -0.05) is 87.4 Å². The van der Waals surface area contributed by atoms with Gasteiger partial charge in [0.25, 0.3) is 5.91 Å². The standard InChI is InChI=1S/C34H36N2O4SSi/c1-7-24-20-25-21-28(18-19-29(25)35-22-24)39-31(41-6)30(38)36-33(5,23-37)34(40-42-32(2,3)4,26-14-10-8-11-15-26)27-16-12-9-13-17-27/h1,8-22,31,37H,23H2,2-6H3,(H,36,38). The van der Waals surface area contributed by atoms with Crippen molar-refractivity contribution < 1.29 is 19.1 Å². The van der Waals surface area contributed by atoms with Crippen LogP contribution in [-0.4, -0.2) is 49.6 Å². The summed E-state index contributed by atoms with van der Waals surface area (Å²) < 4.78 is 13.1. The van der Waals surface area contributed by atoms with Crippen molar-refractivity contribution in [2.24, 2.45) is 0 Å². The summed E-state index contributed by atoms with van der Waals surface area (Å²) >= 11 is 1.25. The first-order valence-electron chi connectivity index (χ1n) is 13.6. The Kier molecular flexibility index (Phi) is 9.80. The Balaban J connectivity index is 1.74. The van der Waals surface area contributed by atoms with Gasteiger partial charge >= 0.3 is 0 Å². The third kappa shape index (κ3) is 6.71. The fraction of sp³-hybridized carbons (Fsp3) is 0.294. The third-order valence-electron chi connectivity index (χ3n) is 6.85. The molecule has 42 heavy (non-hydrogen) atoms.